The zero-order chi connectivity index (χ0) is 26.3. The minimum atomic E-state index is -3.38. The van der Waals surface area contributed by atoms with Crippen LogP contribution in [0.5, 0.6) is 0 Å². The Morgan fingerprint density at radius 2 is 1.97 bits per heavy atom. The minimum Gasteiger partial charge on any atom is -0.469 e. The molecule has 196 valence electrons. The number of esters is 1. The highest BCUT2D eigenvalue weighted by Gasteiger charge is 2.52. The lowest BCUT2D eigenvalue weighted by Gasteiger charge is -2.38. The lowest BCUT2D eigenvalue weighted by Crippen LogP contribution is -2.51. The molecule has 2 aliphatic carbocycles. The monoisotopic (exact) mass is 534 g/mol. The zero-order valence-electron chi connectivity index (χ0n) is 21.3. The third kappa shape index (κ3) is 6.05. The van der Waals surface area contributed by atoms with E-state index in [-0.39, 0.29) is 47.5 Å². The smallest absolute Gasteiger partial charge is 0.311 e. The molecule has 1 aliphatic heterocycles. The summed E-state index contributed by atoms with van der Waals surface area (Å²) in [6.07, 6.45) is 7.06. The number of allylic oxidation sites excluding steroid dienone is 1. The number of hydrogen-bond donors (Lipinski definition) is 2. The van der Waals surface area contributed by atoms with E-state index in [4.69, 9.17) is 4.74 Å². The van der Waals surface area contributed by atoms with Gasteiger partial charge in [-0.15, -0.1) is 0 Å². The molecule has 1 fully saturated rings. The predicted octanol–water partition coefficient (Wildman–Crippen LogP) is 3.72. The van der Waals surface area contributed by atoms with E-state index in [1.165, 1.54) is 19.1 Å². The van der Waals surface area contributed by atoms with Gasteiger partial charge in [-0.05, 0) is 60.2 Å². The number of fused-ring (bicyclic) bond motifs is 3. The van der Waals surface area contributed by atoms with Crippen LogP contribution in [0, 0.1) is 23.2 Å². The Bertz CT molecular complexity index is 1210. The summed E-state index contributed by atoms with van der Waals surface area (Å²) in [5.41, 5.74) is 1.14. The summed E-state index contributed by atoms with van der Waals surface area (Å²) in [6, 6.07) is 4.85. The number of aliphatic imine (C=N–C) groups is 1. The van der Waals surface area contributed by atoms with Gasteiger partial charge in [0, 0.05) is 12.2 Å². The number of hydrogen-bond acceptors (Lipinski definition) is 8. The number of ether oxygens (including phenoxy) is 1. The number of carbonyl (C=O) groups excluding carboxylic acids is 2. The molecule has 11 heteroatoms. The molecule has 2 bridgehead atoms. The predicted molar refractivity (Wildman–Crippen MR) is 141 cm³/mol. The molecule has 0 spiro atoms. The number of methoxy groups -OCH3 is 1. The Hall–Kier alpha value is -2.53. The third-order valence-electron chi connectivity index (χ3n) is 6.79. The van der Waals surface area contributed by atoms with Gasteiger partial charge >= 0.3 is 5.97 Å². The van der Waals surface area contributed by atoms with Crippen LogP contribution in [0.1, 0.15) is 40.0 Å². The summed E-state index contributed by atoms with van der Waals surface area (Å²) < 4.78 is 33.8. The van der Waals surface area contributed by atoms with E-state index in [0.29, 0.717) is 23.8 Å². The molecule has 3 aliphatic rings. The van der Waals surface area contributed by atoms with Gasteiger partial charge in [-0.25, -0.2) is 13.4 Å². The topological polar surface area (TPSA) is 117 Å². The molecule has 0 aromatic heterocycles. The number of anilines is 1. The maximum absolute atomic E-state index is 13.7. The fourth-order valence-corrected chi connectivity index (χ4v) is 6.44. The fourth-order valence-electron chi connectivity index (χ4n) is 5.14. The molecule has 1 aromatic carbocycles. The average Bonchev–Trinajstić information content (AvgIpc) is 3.39. The molecular formula is C25H34N4O5S2. The van der Waals surface area contributed by atoms with Crippen molar-refractivity contribution in [2.24, 2.45) is 28.2 Å². The third-order valence-corrected chi connectivity index (χ3v) is 8.28. The van der Waals surface area contributed by atoms with Crippen molar-refractivity contribution in [2.45, 2.75) is 51.0 Å². The average molecular weight is 535 g/mol. The molecule has 4 rings (SSSR count). The number of nitrogens with zero attached hydrogens (tertiary/aromatic N) is 2. The van der Waals surface area contributed by atoms with Gasteiger partial charge in [0.2, 0.25) is 15.9 Å². The maximum atomic E-state index is 13.7. The van der Waals surface area contributed by atoms with Crippen LogP contribution >= 0.6 is 11.9 Å². The van der Waals surface area contributed by atoms with E-state index >= 15 is 0 Å². The Morgan fingerprint density at radius 1 is 1.25 bits per heavy atom. The van der Waals surface area contributed by atoms with Gasteiger partial charge in [0.15, 0.2) is 0 Å². The molecule has 0 radical (unpaired) electrons. The largest absolute Gasteiger partial charge is 0.469 e. The van der Waals surface area contributed by atoms with Crippen LogP contribution in [-0.4, -0.2) is 57.0 Å². The van der Waals surface area contributed by atoms with Crippen LogP contribution in [0.4, 0.5) is 11.4 Å². The number of amides is 1. The second-order valence-corrected chi connectivity index (χ2v) is 13.5. The van der Waals surface area contributed by atoms with Crippen molar-refractivity contribution in [1.82, 2.24) is 9.62 Å². The van der Waals surface area contributed by atoms with Gasteiger partial charge in [-0.2, -0.15) is 0 Å². The maximum Gasteiger partial charge on any atom is 0.311 e. The molecule has 36 heavy (non-hydrogen) atoms. The van der Waals surface area contributed by atoms with Crippen LogP contribution in [0.25, 0.3) is 0 Å². The van der Waals surface area contributed by atoms with Crippen molar-refractivity contribution in [1.29, 1.82) is 0 Å². The zero-order valence-corrected chi connectivity index (χ0v) is 22.9. The summed E-state index contributed by atoms with van der Waals surface area (Å²) in [4.78, 5) is 33.7. The molecule has 1 amide bonds. The first-order valence-corrected chi connectivity index (χ1v) is 14.7. The number of rotatable bonds is 8. The Balaban J connectivity index is 1.55. The van der Waals surface area contributed by atoms with E-state index in [1.807, 2.05) is 4.90 Å². The van der Waals surface area contributed by atoms with E-state index in [1.54, 1.807) is 18.2 Å². The molecule has 1 aromatic rings. The van der Waals surface area contributed by atoms with Crippen molar-refractivity contribution in [3.8, 4) is 0 Å². The lowest BCUT2D eigenvalue weighted by atomic mass is 9.86. The van der Waals surface area contributed by atoms with Gasteiger partial charge in [0.05, 0.1) is 42.3 Å². The molecule has 4 atom stereocenters. The quantitative estimate of drug-likeness (QED) is 0.297. The molecular weight excluding hydrogens is 500 g/mol. The van der Waals surface area contributed by atoms with Gasteiger partial charge in [-0.3, -0.25) is 14.3 Å². The minimum absolute atomic E-state index is 0.0276. The molecule has 1 saturated carbocycles. The van der Waals surface area contributed by atoms with Gasteiger partial charge < -0.3 is 14.4 Å². The number of benzene rings is 1. The molecule has 4 unspecified atom stereocenters. The van der Waals surface area contributed by atoms with Crippen molar-refractivity contribution >= 4 is 51.1 Å². The SMILES string of the molecule is COC(=O)C1C2C=CC(C2)C1N(CCC(C)(C)C)C(=O)CC1=Nc2ccc(NS(C)(=O)=O)cc2SN1. The number of sulfonamides is 1. The first-order chi connectivity index (χ1) is 16.8. The first kappa shape index (κ1) is 26.5. The Kier molecular flexibility index (Phi) is 7.43. The standard InChI is InChI=1S/C25H34N4O5S2/c1-25(2,3)10-11-29(23-16-7-6-15(12-16)22(23)24(31)34-4)21(30)14-20-26-18-9-8-17(28-36(5,32)33)13-19(18)35-27-20/h6-9,13,15-16,22-23,28H,10-12,14H2,1-5H3,(H,26,27). The highest BCUT2D eigenvalue weighted by atomic mass is 32.2. The normalized spacial score (nSPS) is 24.5. The van der Waals surface area contributed by atoms with Crippen LogP contribution in [0.2, 0.25) is 0 Å². The highest BCUT2D eigenvalue weighted by molar-refractivity contribution is 7.98. The van der Waals surface area contributed by atoms with Crippen molar-refractivity contribution < 1.29 is 22.7 Å². The summed E-state index contributed by atoms with van der Waals surface area (Å²) >= 11 is 1.29. The summed E-state index contributed by atoms with van der Waals surface area (Å²) in [5.74, 6) is 0.0626. The van der Waals surface area contributed by atoms with Gasteiger partial charge in [0.25, 0.3) is 0 Å². The molecule has 2 N–H and O–H groups in total. The van der Waals surface area contributed by atoms with Gasteiger partial charge in [0.1, 0.15) is 5.84 Å². The fraction of sp³-hybridized carbons (Fsp3) is 0.560. The summed E-state index contributed by atoms with van der Waals surface area (Å²) in [6.45, 7) is 6.97. The van der Waals surface area contributed by atoms with Crippen molar-refractivity contribution in [3.05, 3.63) is 30.4 Å². The highest BCUT2D eigenvalue weighted by Crippen LogP contribution is 2.47. The van der Waals surface area contributed by atoms with E-state index in [9.17, 15) is 18.0 Å². The van der Waals surface area contributed by atoms with Crippen LogP contribution in [-0.2, 0) is 24.3 Å². The second-order valence-electron chi connectivity index (χ2n) is 10.9. The van der Waals surface area contributed by atoms with E-state index in [0.717, 1.165) is 24.0 Å². The van der Waals surface area contributed by atoms with Gasteiger partial charge in [-0.1, -0.05) is 32.9 Å². The molecule has 0 saturated heterocycles. The van der Waals surface area contributed by atoms with Crippen LogP contribution < -0.4 is 9.44 Å². The van der Waals surface area contributed by atoms with E-state index in [2.05, 4.69) is 47.4 Å². The number of carbonyl (C=O) groups is 2. The molecule has 9 nitrogen and oxygen atoms in total. The Morgan fingerprint density at radius 3 is 2.64 bits per heavy atom. The van der Waals surface area contributed by atoms with Crippen LogP contribution in [0.3, 0.4) is 0 Å². The lowest BCUT2D eigenvalue weighted by molar-refractivity contribution is -0.150. The second kappa shape index (κ2) is 10.1. The number of amidine groups is 1. The summed E-state index contributed by atoms with van der Waals surface area (Å²) in [5, 5.41) is 0. The van der Waals surface area contributed by atoms with Crippen molar-refractivity contribution in [2.75, 3.05) is 24.6 Å². The van der Waals surface area contributed by atoms with Crippen LogP contribution in [0.15, 0.2) is 40.2 Å². The van der Waals surface area contributed by atoms with Crippen molar-refractivity contribution in [3.63, 3.8) is 0 Å². The Labute approximate surface area is 217 Å². The van der Waals surface area contributed by atoms with E-state index < -0.39 is 10.0 Å². The number of nitrogens with one attached hydrogen (secondary N) is 2. The molecule has 1 heterocycles. The summed E-state index contributed by atoms with van der Waals surface area (Å²) in [7, 11) is -1.98. The first-order valence-electron chi connectivity index (χ1n) is 12.0.